The van der Waals surface area contributed by atoms with Crippen molar-refractivity contribution < 1.29 is 9.53 Å². The Bertz CT molecular complexity index is 688. The van der Waals surface area contributed by atoms with Crippen LogP contribution in [0.4, 0.5) is 4.79 Å². The van der Waals surface area contributed by atoms with E-state index in [-0.39, 0.29) is 11.6 Å². The molecule has 128 valence electrons. The largest absolute Gasteiger partial charge is 0.372 e. The highest BCUT2D eigenvalue weighted by atomic mass is 16.5. The standard InChI is InChI=1S/C17H23N5O2/c1-3-17(2)12-21(9-10-24-17)16(23)20-11-14-5-4-6-19-15(14)22-8-7-18-13-22/h4-8,13H,3,9-12H2,1-2H3,(H,20,23). The highest BCUT2D eigenvalue weighted by Gasteiger charge is 2.32. The lowest BCUT2D eigenvalue weighted by Gasteiger charge is -2.39. The van der Waals surface area contributed by atoms with Gasteiger partial charge in [0.05, 0.1) is 18.8 Å². The Morgan fingerprint density at radius 2 is 2.33 bits per heavy atom. The van der Waals surface area contributed by atoms with E-state index in [1.807, 2.05) is 34.7 Å². The SMILES string of the molecule is CCC1(C)CN(C(=O)NCc2cccnc2-n2ccnc2)CCO1. The van der Waals surface area contributed by atoms with Gasteiger partial charge in [-0.15, -0.1) is 0 Å². The lowest BCUT2D eigenvalue weighted by Crippen LogP contribution is -2.54. The van der Waals surface area contributed by atoms with Gasteiger partial charge in [0.1, 0.15) is 12.1 Å². The van der Waals surface area contributed by atoms with E-state index < -0.39 is 0 Å². The third-order valence-electron chi connectivity index (χ3n) is 4.42. The number of carbonyl (C=O) groups is 1. The quantitative estimate of drug-likeness (QED) is 0.931. The van der Waals surface area contributed by atoms with Crippen LogP contribution < -0.4 is 5.32 Å². The molecule has 0 radical (unpaired) electrons. The minimum Gasteiger partial charge on any atom is -0.372 e. The number of carbonyl (C=O) groups excluding carboxylic acids is 1. The van der Waals surface area contributed by atoms with Crippen molar-refractivity contribution in [2.75, 3.05) is 19.7 Å². The summed E-state index contributed by atoms with van der Waals surface area (Å²) < 4.78 is 7.62. The average Bonchev–Trinajstić information content (AvgIpc) is 3.14. The summed E-state index contributed by atoms with van der Waals surface area (Å²) in [5.41, 5.74) is 0.682. The van der Waals surface area contributed by atoms with E-state index in [1.165, 1.54) is 0 Å². The lowest BCUT2D eigenvalue weighted by molar-refractivity contribution is -0.0872. The molecular weight excluding hydrogens is 306 g/mol. The molecule has 2 amide bonds. The second-order valence-electron chi connectivity index (χ2n) is 6.19. The van der Waals surface area contributed by atoms with Crippen LogP contribution in [0.5, 0.6) is 0 Å². The second kappa shape index (κ2) is 7.00. The zero-order valence-electron chi connectivity index (χ0n) is 14.1. The smallest absolute Gasteiger partial charge is 0.317 e. The number of amides is 2. The normalized spacial score (nSPS) is 20.8. The number of rotatable bonds is 4. The van der Waals surface area contributed by atoms with Crippen molar-refractivity contribution in [1.29, 1.82) is 0 Å². The van der Waals surface area contributed by atoms with Gasteiger partial charge in [-0.25, -0.2) is 14.8 Å². The van der Waals surface area contributed by atoms with E-state index in [1.54, 1.807) is 18.7 Å². The van der Waals surface area contributed by atoms with Crippen LogP contribution in [-0.4, -0.2) is 50.8 Å². The van der Waals surface area contributed by atoms with Gasteiger partial charge in [-0.3, -0.25) is 4.57 Å². The summed E-state index contributed by atoms with van der Waals surface area (Å²) in [6.07, 6.45) is 7.85. The first kappa shape index (κ1) is 16.4. The summed E-state index contributed by atoms with van der Waals surface area (Å²) in [6, 6.07) is 3.75. The van der Waals surface area contributed by atoms with Crippen molar-refractivity contribution in [3.8, 4) is 5.82 Å². The van der Waals surface area contributed by atoms with E-state index in [4.69, 9.17) is 4.74 Å². The molecule has 0 bridgehead atoms. The molecule has 1 aliphatic rings. The number of pyridine rings is 1. The van der Waals surface area contributed by atoms with Gasteiger partial charge in [0.15, 0.2) is 0 Å². The summed E-state index contributed by atoms with van der Waals surface area (Å²) in [7, 11) is 0. The van der Waals surface area contributed by atoms with E-state index in [0.29, 0.717) is 26.2 Å². The van der Waals surface area contributed by atoms with Crippen molar-refractivity contribution in [3.63, 3.8) is 0 Å². The van der Waals surface area contributed by atoms with Crippen molar-refractivity contribution >= 4 is 6.03 Å². The number of morpholine rings is 1. The third kappa shape index (κ3) is 3.56. The zero-order valence-corrected chi connectivity index (χ0v) is 14.1. The number of hydrogen-bond donors (Lipinski definition) is 1. The number of imidazole rings is 1. The van der Waals surface area contributed by atoms with Gasteiger partial charge in [0.25, 0.3) is 0 Å². The number of ether oxygens (including phenoxy) is 1. The molecule has 0 spiro atoms. The van der Waals surface area contributed by atoms with Gasteiger partial charge in [0, 0.05) is 37.2 Å². The molecule has 0 aromatic carbocycles. The minimum atomic E-state index is -0.258. The summed E-state index contributed by atoms with van der Waals surface area (Å²) in [6.45, 7) is 6.34. The molecule has 24 heavy (non-hydrogen) atoms. The molecule has 3 heterocycles. The molecule has 2 aromatic heterocycles. The van der Waals surface area contributed by atoms with Crippen LogP contribution in [0, 0.1) is 0 Å². The number of aromatic nitrogens is 3. The van der Waals surface area contributed by atoms with Crippen LogP contribution in [0.3, 0.4) is 0 Å². The summed E-state index contributed by atoms with van der Waals surface area (Å²) in [4.78, 5) is 22.7. The predicted octanol–water partition coefficient (Wildman–Crippen LogP) is 1.98. The summed E-state index contributed by atoms with van der Waals surface area (Å²) in [5, 5.41) is 2.99. The van der Waals surface area contributed by atoms with Crippen molar-refractivity contribution in [2.24, 2.45) is 0 Å². The fraction of sp³-hybridized carbons (Fsp3) is 0.471. The molecule has 2 aromatic rings. The van der Waals surface area contributed by atoms with Gasteiger partial charge in [-0.05, 0) is 19.4 Å². The maximum absolute atomic E-state index is 12.5. The molecule has 0 saturated carbocycles. The topological polar surface area (TPSA) is 72.3 Å². The molecule has 1 saturated heterocycles. The van der Waals surface area contributed by atoms with Crippen molar-refractivity contribution in [3.05, 3.63) is 42.6 Å². The Morgan fingerprint density at radius 1 is 1.46 bits per heavy atom. The highest BCUT2D eigenvalue weighted by Crippen LogP contribution is 2.21. The second-order valence-corrected chi connectivity index (χ2v) is 6.19. The maximum Gasteiger partial charge on any atom is 0.317 e. The maximum atomic E-state index is 12.5. The van der Waals surface area contributed by atoms with Crippen LogP contribution in [0.25, 0.3) is 5.82 Å². The highest BCUT2D eigenvalue weighted by molar-refractivity contribution is 5.74. The Morgan fingerprint density at radius 3 is 3.08 bits per heavy atom. The summed E-state index contributed by atoms with van der Waals surface area (Å²) in [5.74, 6) is 0.774. The fourth-order valence-electron chi connectivity index (χ4n) is 2.79. The van der Waals surface area contributed by atoms with Gasteiger partial charge in [-0.2, -0.15) is 0 Å². The first-order valence-electron chi connectivity index (χ1n) is 8.20. The molecule has 1 unspecified atom stereocenters. The first-order valence-corrected chi connectivity index (χ1v) is 8.20. The molecule has 1 atom stereocenters. The Hall–Kier alpha value is -2.41. The van der Waals surface area contributed by atoms with Crippen LogP contribution in [0.1, 0.15) is 25.8 Å². The van der Waals surface area contributed by atoms with Gasteiger partial charge < -0.3 is 15.0 Å². The number of hydrogen-bond acceptors (Lipinski definition) is 4. The minimum absolute atomic E-state index is 0.0709. The van der Waals surface area contributed by atoms with Gasteiger partial charge >= 0.3 is 6.03 Å². The monoisotopic (exact) mass is 329 g/mol. The molecule has 1 aliphatic heterocycles. The van der Waals surface area contributed by atoms with Crippen LogP contribution in [0.2, 0.25) is 0 Å². The number of nitrogens with zero attached hydrogens (tertiary/aromatic N) is 4. The van der Waals surface area contributed by atoms with Gasteiger partial charge in [0.2, 0.25) is 0 Å². The number of nitrogens with one attached hydrogen (secondary N) is 1. The molecule has 7 nitrogen and oxygen atoms in total. The Labute approximate surface area is 141 Å². The van der Waals surface area contributed by atoms with Crippen LogP contribution in [-0.2, 0) is 11.3 Å². The van der Waals surface area contributed by atoms with E-state index in [9.17, 15) is 4.79 Å². The van der Waals surface area contributed by atoms with Crippen molar-refractivity contribution in [1.82, 2.24) is 24.8 Å². The molecule has 3 rings (SSSR count). The third-order valence-corrected chi connectivity index (χ3v) is 4.42. The molecule has 1 N–H and O–H groups in total. The van der Waals surface area contributed by atoms with Gasteiger partial charge in [-0.1, -0.05) is 13.0 Å². The van der Waals surface area contributed by atoms with Crippen LogP contribution >= 0.6 is 0 Å². The van der Waals surface area contributed by atoms with E-state index in [2.05, 4.69) is 22.2 Å². The lowest BCUT2D eigenvalue weighted by atomic mass is 10.0. The molecular formula is C17H23N5O2. The molecule has 0 aliphatic carbocycles. The molecule has 1 fully saturated rings. The molecule has 7 heteroatoms. The van der Waals surface area contributed by atoms with Crippen molar-refractivity contribution in [2.45, 2.75) is 32.4 Å². The van der Waals surface area contributed by atoms with Crippen LogP contribution in [0.15, 0.2) is 37.1 Å². The average molecular weight is 329 g/mol. The fourth-order valence-corrected chi connectivity index (χ4v) is 2.79. The predicted molar refractivity (Wildman–Crippen MR) is 89.8 cm³/mol. The number of urea groups is 1. The Balaban J connectivity index is 1.65. The summed E-state index contributed by atoms with van der Waals surface area (Å²) >= 11 is 0. The zero-order chi connectivity index (χ0) is 17.0. The van der Waals surface area contributed by atoms with E-state index in [0.717, 1.165) is 17.8 Å². The Kier molecular flexibility index (Phi) is 4.80. The van der Waals surface area contributed by atoms with E-state index >= 15 is 0 Å². The first-order chi connectivity index (χ1) is 11.6.